The van der Waals surface area contributed by atoms with Crippen LogP contribution in [0.1, 0.15) is 28.5 Å². The Labute approximate surface area is 133 Å². The highest BCUT2D eigenvalue weighted by Crippen LogP contribution is 2.26. The largest absolute Gasteiger partial charge is 0.387 e. The molecule has 2 atom stereocenters. The zero-order chi connectivity index (χ0) is 15.5. The van der Waals surface area contributed by atoms with Gasteiger partial charge in [0.15, 0.2) is 0 Å². The highest BCUT2D eigenvalue weighted by atomic mass is 32.1. The maximum atomic E-state index is 13.2. The van der Waals surface area contributed by atoms with Crippen molar-refractivity contribution >= 4 is 11.3 Å². The van der Waals surface area contributed by atoms with Gasteiger partial charge in [-0.3, -0.25) is 4.90 Å². The van der Waals surface area contributed by atoms with Crippen LogP contribution in [0.5, 0.6) is 0 Å². The maximum absolute atomic E-state index is 13.2. The molecule has 1 aliphatic rings. The molecule has 3 rings (SSSR count). The average molecular weight is 322 g/mol. The number of rotatable bonds is 4. The predicted molar refractivity (Wildman–Crippen MR) is 83.3 cm³/mol. The summed E-state index contributed by atoms with van der Waals surface area (Å²) in [5.41, 5.74) is 1.61. The topological polar surface area (TPSA) is 45.6 Å². The molecule has 1 aromatic heterocycles. The van der Waals surface area contributed by atoms with Crippen molar-refractivity contribution in [2.75, 3.05) is 26.2 Å². The molecule has 1 aromatic carbocycles. The molecule has 0 bridgehead atoms. The van der Waals surface area contributed by atoms with Gasteiger partial charge in [-0.1, -0.05) is 12.1 Å². The molecule has 6 heteroatoms. The lowest BCUT2D eigenvalue weighted by Crippen LogP contribution is -2.40. The van der Waals surface area contributed by atoms with Gasteiger partial charge in [-0.25, -0.2) is 9.37 Å². The fourth-order valence-electron chi connectivity index (χ4n) is 2.60. The Kier molecular flexibility index (Phi) is 4.83. The Hall–Kier alpha value is -1.34. The first-order valence-corrected chi connectivity index (χ1v) is 8.19. The number of β-amino-alcohol motifs (C(OH)–C–C–N with tert-alkyl or cyclic N) is 1. The normalized spacial score (nSPS) is 21.0. The Bertz CT molecular complexity index is 634. The minimum absolute atomic E-state index is 0.0489. The molecule has 0 unspecified atom stereocenters. The molecular weight excluding hydrogens is 303 g/mol. The fourth-order valence-corrected chi connectivity index (χ4v) is 3.44. The minimum Gasteiger partial charge on any atom is -0.387 e. The molecule has 1 N–H and O–H groups in total. The number of halogens is 1. The summed E-state index contributed by atoms with van der Waals surface area (Å²) in [5, 5.41) is 13.3. The van der Waals surface area contributed by atoms with Gasteiger partial charge in [0, 0.05) is 30.7 Å². The molecule has 1 fully saturated rings. The van der Waals surface area contributed by atoms with Crippen molar-refractivity contribution < 1.29 is 14.2 Å². The number of ether oxygens (including phenoxy) is 1. The Morgan fingerprint density at radius 1 is 1.55 bits per heavy atom. The molecule has 1 saturated heterocycles. The van der Waals surface area contributed by atoms with E-state index in [9.17, 15) is 9.50 Å². The summed E-state index contributed by atoms with van der Waals surface area (Å²) in [6, 6.07) is 6.13. The van der Waals surface area contributed by atoms with Crippen molar-refractivity contribution in [3.05, 3.63) is 51.7 Å². The lowest BCUT2D eigenvalue weighted by Gasteiger charge is -2.33. The highest BCUT2D eigenvalue weighted by Gasteiger charge is 2.25. The van der Waals surface area contributed by atoms with Crippen molar-refractivity contribution in [3.8, 4) is 0 Å². The quantitative estimate of drug-likeness (QED) is 0.940. The monoisotopic (exact) mass is 322 g/mol. The van der Waals surface area contributed by atoms with E-state index < -0.39 is 6.10 Å². The molecule has 0 amide bonds. The molecule has 0 radical (unpaired) electrons. The van der Waals surface area contributed by atoms with E-state index in [2.05, 4.69) is 9.88 Å². The molecule has 1 aliphatic heterocycles. The van der Waals surface area contributed by atoms with Gasteiger partial charge in [0.25, 0.3) is 0 Å². The zero-order valence-electron chi connectivity index (χ0n) is 12.4. The lowest BCUT2D eigenvalue weighted by atomic mass is 10.1. The third kappa shape index (κ3) is 3.70. The second kappa shape index (κ2) is 6.83. The van der Waals surface area contributed by atoms with Gasteiger partial charge in [-0.05, 0) is 24.6 Å². The molecule has 0 saturated carbocycles. The number of hydrogen-bond donors (Lipinski definition) is 1. The number of aliphatic hydroxyl groups excluding tert-OH is 1. The van der Waals surface area contributed by atoms with Crippen molar-refractivity contribution in [3.63, 3.8) is 0 Å². The predicted octanol–water partition coefficient (Wildman–Crippen LogP) is 2.70. The smallest absolute Gasteiger partial charge is 0.123 e. The summed E-state index contributed by atoms with van der Waals surface area (Å²) in [6.45, 7) is 4.49. The first kappa shape index (κ1) is 15.6. The summed E-state index contributed by atoms with van der Waals surface area (Å²) < 4.78 is 19.0. The number of nitrogens with zero attached hydrogens (tertiary/aromatic N) is 2. The van der Waals surface area contributed by atoms with E-state index in [1.54, 1.807) is 23.5 Å². The van der Waals surface area contributed by atoms with E-state index in [-0.39, 0.29) is 11.9 Å². The molecule has 4 nitrogen and oxygen atoms in total. The van der Waals surface area contributed by atoms with Crippen molar-refractivity contribution in [2.45, 2.75) is 19.1 Å². The van der Waals surface area contributed by atoms with Gasteiger partial charge < -0.3 is 9.84 Å². The second-order valence-electron chi connectivity index (χ2n) is 5.52. The number of thiazole rings is 1. The summed E-state index contributed by atoms with van der Waals surface area (Å²) >= 11 is 1.60. The number of benzene rings is 1. The number of hydrogen-bond acceptors (Lipinski definition) is 5. The van der Waals surface area contributed by atoms with Gasteiger partial charge in [-0.15, -0.1) is 11.3 Å². The summed E-state index contributed by atoms with van der Waals surface area (Å²) in [4.78, 5) is 6.61. The van der Waals surface area contributed by atoms with Gasteiger partial charge in [0.05, 0.1) is 12.7 Å². The first-order valence-electron chi connectivity index (χ1n) is 7.31. The van der Waals surface area contributed by atoms with E-state index in [1.807, 2.05) is 12.3 Å². The van der Waals surface area contributed by atoms with Gasteiger partial charge >= 0.3 is 0 Å². The standard InChI is InChI=1S/C16H19FN2O2S/c1-11-10-22-16(18-11)15-9-19(5-6-21-15)8-14(20)12-3-2-4-13(17)7-12/h2-4,7,10,14-15,20H,5-6,8-9H2,1H3/t14-,15+/m0/s1. The number of morpholine rings is 1. The first-order chi connectivity index (χ1) is 10.6. The van der Waals surface area contributed by atoms with Gasteiger partial charge in [-0.2, -0.15) is 0 Å². The van der Waals surface area contributed by atoms with E-state index in [4.69, 9.17) is 4.74 Å². The van der Waals surface area contributed by atoms with Crippen LogP contribution < -0.4 is 0 Å². The van der Waals surface area contributed by atoms with E-state index in [0.717, 1.165) is 17.2 Å². The summed E-state index contributed by atoms with van der Waals surface area (Å²) in [6.07, 6.45) is -0.750. The van der Waals surface area contributed by atoms with Crippen LogP contribution in [-0.4, -0.2) is 41.2 Å². The van der Waals surface area contributed by atoms with Crippen LogP contribution in [0.2, 0.25) is 0 Å². The molecule has 2 aromatic rings. The summed E-state index contributed by atoms with van der Waals surface area (Å²) in [7, 11) is 0. The second-order valence-corrected chi connectivity index (χ2v) is 6.41. The van der Waals surface area contributed by atoms with Crippen LogP contribution in [0.25, 0.3) is 0 Å². The molecule has 118 valence electrons. The fraction of sp³-hybridized carbons (Fsp3) is 0.438. The Morgan fingerprint density at radius 3 is 3.14 bits per heavy atom. The average Bonchev–Trinajstić information content (AvgIpc) is 2.94. The summed E-state index contributed by atoms with van der Waals surface area (Å²) in [5.74, 6) is -0.324. The SMILES string of the molecule is Cc1csc([C@H]2CN(C[C@H](O)c3cccc(F)c3)CCO2)n1. The van der Waals surface area contributed by atoms with Crippen molar-refractivity contribution in [1.82, 2.24) is 9.88 Å². The molecule has 2 heterocycles. The van der Waals surface area contributed by atoms with Crippen LogP contribution in [0, 0.1) is 12.7 Å². The number of aryl methyl sites for hydroxylation is 1. The third-order valence-electron chi connectivity index (χ3n) is 3.73. The van der Waals surface area contributed by atoms with Crippen molar-refractivity contribution in [1.29, 1.82) is 0 Å². The number of aliphatic hydroxyl groups is 1. The van der Waals surface area contributed by atoms with E-state index in [1.165, 1.54) is 12.1 Å². The van der Waals surface area contributed by atoms with Crippen LogP contribution >= 0.6 is 11.3 Å². The third-order valence-corrected chi connectivity index (χ3v) is 4.78. The van der Waals surface area contributed by atoms with Gasteiger partial charge in [0.1, 0.15) is 16.9 Å². The van der Waals surface area contributed by atoms with Crippen LogP contribution in [-0.2, 0) is 4.74 Å². The minimum atomic E-state index is -0.701. The Morgan fingerprint density at radius 2 is 2.41 bits per heavy atom. The molecule has 22 heavy (non-hydrogen) atoms. The number of aromatic nitrogens is 1. The van der Waals surface area contributed by atoms with E-state index >= 15 is 0 Å². The lowest BCUT2D eigenvalue weighted by molar-refractivity contribution is -0.0425. The van der Waals surface area contributed by atoms with Crippen molar-refractivity contribution in [2.24, 2.45) is 0 Å². The van der Waals surface area contributed by atoms with Crippen LogP contribution in [0.3, 0.4) is 0 Å². The highest BCUT2D eigenvalue weighted by molar-refractivity contribution is 7.09. The molecular formula is C16H19FN2O2S. The maximum Gasteiger partial charge on any atom is 0.123 e. The van der Waals surface area contributed by atoms with Gasteiger partial charge in [0.2, 0.25) is 0 Å². The molecule has 0 spiro atoms. The van der Waals surface area contributed by atoms with Crippen LogP contribution in [0.4, 0.5) is 4.39 Å². The zero-order valence-corrected chi connectivity index (χ0v) is 13.2. The molecule has 0 aliphatic carbocycles. The Balaban J connectivity index is 1.62. The van der Waals surface area contributed by atoms with E-state index in [0.29, 0.717) is 25.3 Å². The van der Waals surface area contributed by atoms with Crippen LogP contribution in [0.15, 0.2) is 29.6 Å².